The first-order valence-corrected chi connectivity index (χ1v) is 7.75. The molecule has 0 spiro atoms. The number of hydrogen-bond acceptors (Lipinski definition) is 4. The predicted octanol–water partition coefficient (Wildman–Crippen LogP) is 3.27. The Hall–Kier alpha value is -2.37. The molecule has 2 aromatic carbocycles. The van der Waals surface area contributed by atoms with Gasteiger partial charge in [-0.05, 0) is 23.3 Å². The van der Waals surface area contributed by atoms with E-state index in [1.807, 2.05) is 54.6 Å². The third-order valence-corrected chi connectivity index (χ3v) is 3.46. The summed E-state index contributed by atoms with van der Waals surface area (Å²) < 4.78 is 16.4. The number of carboxylic acid groups (broad SMARTS) is 1. The quantitative estimate of drug-likeness (QED) is 0.724. The van der Waals surface area contributed by atoms with Crippen molar-refractivity contribution in [3.05, 3.63) is 65.7 Å². The van der Waals surface area contributed by atoms with Gasteiger partial charge in [-0.3, -0.25) is 4.79 Å². The molecule has 0 heterocycles. The molecule has 0 aliphatic heterocycles. The Balaban J connectivity index is 1.81. The molecule has 1 N–H and O–H groups in total. The van der Waals surface area contributed by atoms with Gasteiger partial charge in [0.1, 0.15) is 5.75 Å². The van der Waals surface area contributed by atoms with Crippen LogP contribution in [0.4, 0.5) is 0 Å². The van der Waals surface area contributed by atoms with Crippen molar-refractivity contribution in [2.24, 2.45) is 0 Å². The maximum absolute atomic E-state index is 11.0. The van der Waals surface area contributed by atoms with Gasteiger partial charge in [-0.15, -0.1) is 0 Å². The SMILES string of the molecule is COc1ccc(CO[C@@H](COCc2ccccc2)CC(=O)O)cc1. The smallest absolute Gasteiger partial charge is 0.306 e. The van der Waals surface area contributed by atoms with E-state index in [0.29, 0.717) is 13.2 Å². The Bertz CT molecular complexity index is 609. The summed E-state index contributed by atoms with van der Waals surface area (Å²) in [7, 11) is 1.61. The summed E-state index contributed by atoms with van der Waals surface area (Å²) in [6.07, 6.45) is -0.585. The van der Waals surface area contributed by atoms with Crippen molar-refractivity contribution in [2.75, 3.05) is 13.7 Å². The van der Waals surface area contributed by atoms with Gasteiger partial charge < -0.3 is 19.3 Å². The Kier molecular flexibility index (Phi) is 7.26. The molecular formula is C19H22O5. The van der Waals surface area contributed by atoms with E-state index in [9.17, 15) is 4.79 Å². The maximum Gasteiger partial charge on any atom is 0.306 e. The second-order valence-corrected chi connectivity index (χ2v) is 5.38. The highest BCUT2D eigenvalue weighted by molar-refractivity contribution is 5.67. The number of ether oxygens (including phenoxy) is 3. The van der Waals surface area contributed by atoms with Crippen LogP contribution in [0.25, 0.3) is 0 Å². The average molecular weight is 330 g/mol. The van der Waals surface area contributed by atoms with Crippen LogP contribution in [-0.4, -0.2) is 30.9 Å². The van der Waals surface area contributed by atoms with Gasteiger partial charge in [0.05, 0.1) is 39.5 Å². The number of carbonyl (C=O) groups is 1. The molecule has 5 nitrogen and oxygen atoms in total. The van der Waals surface area contributed by atoms with Crippen molar-refractivity contribution >= 4 is 5.97 Å². The minimum Gasteiger partial charge on any atom is -0.497 e. The first-order chi connectivity index (χ1) is 11.7. The third-order valence-electron chi connectivity index (χ3n) is 3.46. The molecule has 0 saturated heterocycles. The topological polar surface area (TPSA) is 65.0 Å². The van der Waals surface area contributed by atoms with Crippen LogP contribution in [0, 0.1) is 0 Å². The van der Waals surface area contributed by atoms with Gasteiger partial charge in [0.2, 0.25) is 0 Å². The molecule has 2 aromatic rings. The largest absolute Gasteiger partial charge is 0.497 e. The van der Waals surface area contributed by atoms with Crippen LogP contribution in [0.1, 0.15) is 17.5 Å². The van der Waals surface area contributed by atoms with Crippen LogP contribution in [0.5, 0.6) is 5.75 Å². The van der Waals surface area contributed by atoms with Crippen LogP contribution in [0.15, 0.2) is 54.6 Å². The number of hydrogen-bond donors (Lipinski definition) is 1. The number of carboxylic acids is 1. The molecule has 0 unspecified atom stereocenters. The van der Waals surface area contributed by atoms with Crippen LogP contribution >= 0.6 is 0 Å². The molecule has 0 aliphatic rings. The molecule has 0 aromatic heterocycles. The lowest BCUT2D eigenvalue weighted by Gasteiger charge is -2.16. The summed E-state index contributed by atoms with van der Waals surface area (Å²) in [6, 6.07) is 17.2. The zero-order valence-electron chi connectivity index (χ0n) is 13.7. The average Bonchev–Trinajstić information content (AvgIpc) is 2.60. The van der Waals surface area contributed by atoms with Gasteiger partial charge in [-0.25, -0.2) is 0 Å². The molecule has 0 fully saturated rings. The molecular weight excluding hydrogens is 308 g/mol. The molecule has 1 atom stereocenters. The zero-order valence-corrected chi connectivity index (χ0v) is 13.7. The normalized spacial score (nSPS) is 11.9. The fraction of sp³-hybridized carbons (Fsp3) is 0.316. The lowest BCUT2D eigenvalue weighted by atomic mass is 10.2. The maximum atomic E-state index is 11.0. The fourth-order valence-corrected chi connectivity index (χ4v) is 2.18. The molecule has 128 valence electrons. The van der Waals surface area contributed by atoms with E-state index < -0.39 is 12.1 Å². The van der Waals surface area contributed by atoms with Crippen molar-refractivity contribution < 1.29 is 24.1 Å². The third kappa shape index (κ3) is 6.40. The first kappa shape index (κ1) is 18.0. The van der Waals surface area contributed by atoms with Gasteiger partial charge in [-0.1, -0.05) is 42.5 Å². The molecule has 2 rings (SSSR count). The van der Waals surface area contributed by atoms with E-state index in [1.165, 1.54) is 0 Å². The first-order valence-electron chi connectivity index (χ1n) is 7.75. The van der Waals surface area contributed by atoms with E-state index in [0.717, 1.165) is 16.9 Å². The van der Waals surface area contributed by atoms with E-state index in [4.69, 9.17) is 19.3 Å². The Morgan fingerprint density at radius 3 is 2.29 bits per heavy atom. The molecule has 0 aliphatic carbocycles. The minimum absolute atomic E-state index is 0.0923. The lowest BCUT2D eigenvalue weighted by molar-refractivity contribution is -0.142. The van der Waals surface area contributed by atoms with Gasteiger partial charge in [0, 0.05) is 0 Å². The summed E-state index contributed by atoms with van der Waals surface area (Å²) >= 11 is 0. The van der Waals surface area contributed by atoms with E-state index in [2.05, 4.69) is 0 Å². The summed E-state index contributed by atoms with van der Waals surface area (Å²) in [5, 5.41) is 9.01. The summed E-state index contributed by atoms with van der Waals surface area (Å²) in [6.45, 7) is 0.997. The fourth-order valence-electron chi connectivity index (χ4n) is 2.18. The molecule has 5 heteroatoms. The van der Waals surface area contributed by atoms with Gasteiger partial charge >= 0.3 is 5.97 Å². The van der Waals surface area contributed by atoms with Crippen molar-refractivity contribution in [3.8, 4) is 5.75 Å². The van der Waals surface area contributed by atoms with Gasteiger partial charge in [0.15, 0.2) is 0 Å². The van der Waals surface area contributed by atoms with Crippen LogP contribution in [-0.2, 0) is 27.5 Å². The van der Waals surface area contributed by atoms with Gasteiger partial charge in [-0.2, -0.15) is 0 Å². The Morgan fingerprint density at radius 1 is 1.00 bits per heavy atom. The van der Waals surface area contributed by atoms with Crippen molar-refractivity contribution in [1.82, 2.24) is 0 Å². The predicted molar refractivity (Wildman–Crippen MR) is 89.9 cm³/mol. The highest BCUT2D eigenvalue weighted by atomic mass is 16.5. The van der Waals surface area contributed by atoms with Crippen LogP contribution in [0.2, 0.25) is 0 Å². The van der Waals surface area contributed by atoms with E-state index in [1.54, 1.807) is 7.11 Å². The summed E-state index contributed by atoms with van der Waals surface area (Å²) in [5.74, 6) is -0.134. The molecule has 0 saturated carbocycles. The Labute approximate surface area is 141 Å². The Morgan fingerprint density at radius 2 is 1.67 bits per heavy atom. The standard InChI is InChI=1S/C19H22O5/c1-22-17-9-7-16(8-10-17)13-24-18(11-19(20)21)14-23-12-15-5-3-2-4-6-15/h2-10,18H,11-14H2,1H3,(H,20,21)/t18-/m1/s1. The molecule has 0 radical (unpaired) electrons. The van der Waals surface area contributed by atoms with E-state index in [-0.39, 0.29) is 13.0 Å². The van der Waals surface area contributed by atoms with Crippen LogP contribution in [0.3, 0.4) is 0 Å². The van der Waals surface area contributed by atoms with Crippen molar-refractivity contribution in [2.45, 2.75) is 25.7 Å². The minimum atomic E-state index is -0.905. The molecule has 0 amide bonds. The highest BCUT2D eigenvalue weighted by Crippen LogP contribution is 2.13. The summed E-state index contributed by atoms with van der Waals surface area (Å²) in [5.41, 5.74) is 2.00. The molecule has 24 heavy (non-hydrogen) atoms. The monoisotopic (exact) mass is 330 g/mol. The van der Waals surface area contributed by atoms with Crippen molar-refractivity contribution in [1.29, 1.82) is 0 Å². The van der Waals surface area contributed by atoms with Crippen molar-refractivity contribution in [3.63, 3.8) is 0 Å². The van der Waals surface area contributed by atoms with E-state index >= 15 is 0 Å². The highest BCUT2D eigenvalue weighted by Gasteiger charge is 2.14. The van der Waals surface area contributed by atoms with Crippen LogP contribution < -0.4 is 4.74 Å². The lowest BCUT2D eigenvalue weighted by Crippen LogP contribution is -2.23. The number of methoxy groups -OCH3 is 1. The number of rotatable bonds is 10. The second-order valence-electron chi connectivity index (χ2n) is 5.38. The van der Waals surface area contributed by atoms with Gasteiger partial charge in [0.25, 0.3) is 0 Å². The zero-order chi connectivity index (χ0) is 17.2. The number of benzene rings is 2. The number of aliphatic carboxylic acids is 1. The second kappa shape index (κ2) is 9.70. The summed E-state index contributed by atoms with van der Waals surface area (Å²) in [4.78, 5) is 11.0. The molecule has 0 bridgehead atoms.